The Morgan fingerprint density at radius 1 is 0.969 bits per heavy atom. The average Bonchev–Trinajstić information content (AvgIpc) is 2.78. The van der Waals surface area contributed by atoms with Crippen molar-refractivity contribution in [3.05, 3.63) is 65.2 Å². The summed E-state index contributed by atoms with van der Waals surface area (Å²) in [6, 6.07) is 14.7. The van der Waals surface area contributed by atoms with Crippen molar-refractivity contribution in [3.8, 4) is 0 Å². The maximum absolute atomic E-state index is 12.8. The van der Waals surface area contributed by atoms with Crippen LogP contribution in [0, 0.1) is 0 Å². The van der Waals surface area contributed by atoms with Crippen molar-refractivity contribution >= 4 is 21.6 Å². The zero-order chi connectivity index (χ0) is 23.1. The highest BCUT2D eigenvalue weighted by molar-refractivity contribution is 7.92. The molecular weight excluding hydrogens is 422 g/mol. The van der Waals surface area contributed by atoms with Crippen LogP contribution in [0.4, 0.5) is 5.69 Å². The fourth-order valence-corrected chi connectivity index (χ4v) is 5.34. The first-order valence-corrected chi connectivity index (χ1v) is 13.3. The fourth-order valence-electron chi connectivity index (χ4n) is 4.16. The first-order chi connectivity index (χ1) is 15.3. The van der Waals surface area contributed by atoms with Crippen molar-refractivity contribution < 1.29 is 13.2 Å². The molecule has 0 aliphatic carbocycles. The van der Waals surface area contributed by atoms with Crippen molar-refractivity contribution in [2.45, 2.75) is 58.7 Å². The molecule has 1 N–H and O–H groups in total. The smallest absolute Gasteiger partial charge is 0.243 e. The van der Waals surface area contributed by atoms with E-state index in [1.165, 1.54) is 29.1 Å². The van der Waals surface area contributed by atoms with Crippen LogP contribution in [0.2, 0.25) is 0 Å². The molecule has 0 spiro atoms. The number of hydrogen-bond donors (Lipinski definition) is 1. The fraction of sp³-hybridized carbons (Fsp3) is 0.480. The van der Waals surface area contributed by atoms with E-state index < -0.39 is 16.1 Å². The van der Waals surface area contributed by atoms with Crippen LogP contribution in [0.5, 0.6) is 0 Å². The van der Waals surface area contributed by atoms with Crippen LogP contribution in [-0.4, -0.2) is 44.6 Å². The van der Waals surface area contributed by atoms with Crippen molar-refractivity contribution in [3.63, 3.8) is 0 Å². The number of sulfonamides is 1. The van der Waals surface area contributed by atoms with Gasteiger partial charge in [-0.2, -0.15) is 0 Å². The van der Waals surface area contributed by atoms with Crippen molar-refractivity contribution in [2.75, 3.05) is 23.7 Å². The van der Waals surface area contributed by atoms with Crippen LogP contribution >= 0.6 is 0 Å². The molecule has 0 radical (unpaired) electrons. The van der Waals surface area contributed by atoms with E-state index in [1.807, 2.05) is 31.2 Å². The molecule has 174 valence electrons. The van der Waals surface area contributed by atoms with Gasteiger partial charge in [-0.15, -0.1) is 0 Å². The largest absolute Gasteiger partial charge is 0.350 e. The lowest BCUT2D eigenvalue weighted by Crippen LogP contribution is -2.47. The summed E-state index contributed by atoms with van der Waals surface area (Å²) in [5.74, 6) is -0.326. The molecule has 1 heterocycles. The minimum Gasteiger partial charge on any atom is -0.350 e. The van der Waals surface area contributed by atoms with E-state index in [0.717, 1.165) is 43.4 Å². The molecule has 1 atom stereocenters. The van der Waals surface area contributed by atoms with E-state index in [-0.39, 0.29) is 5.91 Å². The van der Waals surface area contributed by atoms with Crippen molar-refractivity contribution in [2.24, 2.45) is 0 Å². The van der Waals surface area contributed by atoms with Gasteiger partial charge < -0.3 is 5.32 Å². The summed E-state index contributed by atoms with van der Waals surface area (Å²) in [5, 5.41) is 2.89. The molecule has 0 bridgehead atoms. The molecule has 2 aromatic carbocycles. The number of nitrogens with zero attached hydrogens (tertiary/aromatic N) is 2. The predicted molar refractivity (Wildman–Crippen MR) is 130 cm³/mol. The topological polar surface area (TPSA) is 69.7 Å². The Bertz CT molecular complexity index is 982. The lowest BCUT2D eigenvalue weighted by atomic mass is 10.1. The van der Waals surface area contributed by atoms with Gasteiger partial charge >= 0.3 is 0 Å². The maximum Gasteiger partial charge on any atom is 0.243 e. The highest BCUT2D eigenvalue weighted by Gasteiger charge is 2.28. The number of carbonyl (C=O) groups excluding carboxylic acids is 1. The molecule has 6 nitrogen and oxygen atoms in total. The highest BCUT2D eigenvalue weighted by Crippen LogP contribution is 2.22. The van der Waals surface area contributed by atoms with Gasteiger partial charge in [-0.25, -0.2) is 8.42 Å². The van der Waals surface area contributed by atoms with Crippen molar-refractivity contribution in [1.29, 1.82) is 0 Å². The van der Waals surface area contributed by atoms with Crippen LogP contribution in [0.15, 0.2) is 48.5 Å². The molecule has 32 heavy (non-hydrogen) atoms. The minimum absolute atomic E-state index is 0.326. The molecular formula is C25H35N3O3S. The monoisotopic (exact) mass is 457 g/mol. The number of nitrogens with one attached hydrogen (secondary N) is 1. The van der Waals surface area contributed by atoms with Gasteiger partial charge in [0.25, 0.3) is 0 Å². The van der Waals surface area contributed by atoms with E-state index in [0.29, 0.717) is 12.2 Å². The second kappa shape index (κ2) is 11.0. The SMILES string of the molecule is CCc1ccc(N([C@@H](C)C(=O)NCc2ccc(CN3CCCCC3)cc2)S(C)(=O)=O)cc1. The Labute approximate surface area is 192 Å². The van der Waals surface area contributed by atoms with Gasteiger partial charge in [-0.3, -0.25) is 14.0 Å². The molecule has 0 aromatic heterocycles. The Hall–Kier alpha value is -2.38. The summed E-state index contributed by atoms with van der Waals surface area (Å²) in [6.45, 7) is 7.30. The van der Waals surface area contributed by atoms with E-state index in [1.54, 1.807) is 19.1 Å². The predicted octanol–water partition coefficient (Wildman–Crippen LogP) is 3.71. The zero-order valence-electron chi connectivity index (χ0n) is 19.4. The summed E-state index contributed by atoms with van der Waals surface area (Å²) in [6.07, 6.45) is 5.87. The van der Waals surface area contributed by atoms with Crippen LogP contribution in [0.3, 0.4) is 0 Å². The number of rotatable bonds is 9. The molecule has 3 rings (SSSR count). The summed E-state index contributed by atoms with van der Waals surface area (Å²) >= 11 is 0. The summed E-state index contributed by atoms with van der Waals surface area (Å²) in [4.78, 5) is 15.3. The summed E-state index contributed by atoms with van der Waals surface area (Å²) < 4.78 is 26.1. The third-order valence-corrected chi connectivity index (χ3v) is 7.27. The first-order valence-electron chi connectivity index (χ1n) is 11.4. The molecule has 2 aromatic rings. The van der Waals surface area contributed by atoms with E-state index in [9.17, 15) is 13.2 Å². The second-order valence-corrected chi connectivity index (χ2v) is 10.5. The second-order valence-electron chi connectivity index (χ2n) is 8.63. The summed E-state index contributed by atoms with van der Waals surface area (Å²) in [5.41, 5.74) is 3.87. The van der Waals surface area contributed by atoms with Crippen LogP contribution in [0.1, 0.15) is 49.8 Å². The number of amides is 1. The van der Waals surface area contributed by atoms with Crippen molar-refractivity contribution in [1.82, 2.24) is 10.2 Å². The first kappa shape index (κ1) is 24.3. The van der Waals surface area contributed by atoms with Crippen LogP contribution < -0.4 is 9.62 Å². The van der Waals surface area contributed by atoms with Crippen LogP contribution in [0.25, 0.3) is 0 Å². The summed E-state index contributed by atoms with van der Waals surface area (Å²) in [7, 11) is -3.62. The van der Waals surface area contributed by atoms with E-state index in [4.69, 9.17) is 0 Å². The van der Waals surface area contributed by atoms with Gasteiger partial charge in [0.2, 0.25) is 15.9 Å². The van der Waals surface area contributed by atoms with Gasteiger partial charge in [0, 0.05) is 13.1 Å². The van der Waals surface area contributed by atoms with Gasteiger partial charge in [-0.1, -0.05) is 49.7 Å². The highest BCUT2D eigenvalue weighted by atomic mass is 32.2. The maximum atomic E-state index is 12.8. The van der Waals surface area contributed by atoms with Gasteiger partial charge in [0.15, 0.2) is 0 Å². The molecule has 1 saturated heterocycles. The Morgan fingerprint density at radius 2 is 1.53 bits per heavy atom. The minimum atomic E-state index is -3.62. The lowest BCUT2D eigenvalue weighted by Gasteiger charge is -2.28. The third kappa shape index (κ3) is 6.56. The van der Waals surface area contributed by atoms with Gasteiger partial charge in [-0.05, 0) is 68.1 Å². The molecule has 0 saturated carbocycles. The van der Waals surface area contributed by atoms with Gasteiger partial charge in [0.05, 0.1) is 11.9 Å². The molecule has 7 heteroatoms. The van der Waals surface area contributed by atoms with E-state index in [2.05, 4.69) is 22.3 Å². The third-order valence-electron chi connectivity index (χ3n) is 6.03. The molecule has 1 aliphatic heterocycles. The Kier molecular flexibility index (Phi) is 8.32. The standard InChI is InChI=1S/C25H35N3O3S/c1-4-21-12-14-24(15-13-21)28(32(3,30)31)20(2)25(29)26-18-22-8-10-23(11-9-22)19-27-16-6-5-7-17-27/h8-15,20H,4-7,16-19H2,1-3H3,(H,26,29)/t20-/m0/s1. The molecule has 1 aliphatic rings. The van der Waals surface area contributed by atoms with Gasteiger partial charge in [0.1, 0.15) is 6.04 Å². The Balaban J connectivity index is 1.60. The number of hydrogen-bond acceptors (Lipinski definition) is 4. The number of likely N-dealkylation sites (tertiary alicyclic amines) is 1. The average molecular weight is 458 g/mol. The number of anilines is 1. The Morgan fingerprint density at radius 3 is 2.09 bits per heavy atom. The quantitative estimate of drug-likeness (QED) is 0.623. The molecule has 0 unspecified atom stereocenters. The zero-order valence-corrected chi connectivity index (χ0v) is 20.2. The van der Waals surface area contributed by atoms with Crippen LogP contribution in [-0.2, 0) is 34.3 Å². The van der Waals surface area contributed by atoms with E-state index >= 15 is 0 Å². The number of benzene rings is 2. The number of piperidine rings is 1. The normalized spacial score (nSPS) is 15.8. The molecule has 1 amide bonds. The lowest BCUT2D eigenvalue weighted by molar-refractivity contribution is -0.122. The number of carbonyl (C=O) groups is 1. The molecule has 1 fully saturated rings. The number of aryl methyl sites for hydroxylation is 1.